The van der Waals surface area contributed by atoms with Gasteiger partial charge in [-0.3, -0.25) is 4.79 Å². The molecule has 1 aliphatic carbocycles. The summed E-state index contributed by atoms with van der Waals surface area (Å²) in [4.78, 5) is 37.5. The standard InChI is InChI=1S/C26H30N2O6/c1-17(24(29)28-13-14-33-23(15-28)25(30)31)7-6-12-27-26(32)34-16-22-20-10-4-2-8-18(20)19-9-3-5-11-21(19)22/h2-5,8-11,17,22-23H,6-7,12-16H2,1H3,(H,27,32)(H,30,31). The van der Waals surface area contributed by atoms with E-state index in [0.717, 1.165) is 11.1 Å². The average molecular weight is 467 g/mol. The number of rotatable bonds is 8. The molecule has 8 nitrogen and oxygen atoms in total. The summed E-state index contributed by atoms with van der Waals surface area (Å²) in [6.07, 6.45) is -0.250. The smallest absolute Gasteiger partial charge is 0.407 e. The quantitative estimate of drug-likeness (QED) is 0.579. The summed E-state index contributed by atoms with van der Waals surface area (Å²) >= 11 is 0. The van der Waals surface area contributed by atoms with Gasteiger partial charge in [0.05, 0.1) is 13.2 Å². The van der Waals surface area contributed by atoms with Crippen molar-refractivity contribution in [2.45, 2.75) is 31.8 Å². The van der Waals surface area contributed by atoms with Gasteiger partial charge in [0.25, 0.3) is 0 Å². The molecule has 1 saturated heterocycles. The lowest BCUT2D eigenvalue weighted by Crippen LogP contribution is -2.50. The molecule has 4 rings (SSSR count). The molecule has 34 heavy (non-hydrogen) atoms. The molecule has 0 bridgehead atoms. The van der Waals surface area contributed by atoms with Crippen molar-refractivity contribution in [1.82, 2.24) is 10.2 Å². The van der Waals surface area contributed by atoms with Crippen LogP contribution in [0.4, 0.5) is 4.79 Å². The first-order valence-electron chi connectivity index (χ1n) is 11.7. The molecule has 2 aromatic rings. The number of hydrogen-bond acceptors (Lipinski definition) is 5. The van der Waals surface area contributed by atoms with Gasteiger partial charge in [0.15, 0.2) is 6.10 Å². The third-order valence-electron chi connectivity index (χ3n) is 6.50. The molecular formula is C26H30N2O6. The van der Waals surface area contributed by atoms with E-state index in [-0.39, 0.29) is 37.5 Å². The Morgan fingerprint density at radius 3 is 2.41 bits per heavy atom. The van der Waals surface area contributed by atoms with Crippen LogP contribution in [-0.2, 0) is 19.1 Å². The van der Waals surface area contributed by atoms with E-state index in [1.807, 2.05) is 31.2 Å². The third kappa shape index (κ3) is 5.22. The topological polar surface area (TPSA) is 105 Å². The first kappa shape index (κ1) is 23.8. The van der Waals surface area contributed by atoms with Gasteiger partial charge in [0.1, 0.15) is 6.61 Å². The number of nitrogens with zero attached hydrogens (tertiary/aromatic N) is 1. The molecule has 1 aliphatic heterocycles. The highest BCUT2D eigenvalue weighted by atomic mass is 16.5. The Morgan fingerprint density at radius 2 is 1.76 bits per heavy atom. The van der Waals surface area contributed by atoms with Crippen LogP contribution >= 0.6 is 0 Å². The third-order valence-corrected chi connectivity index (χ3v) is 6.50. The van der Waals surface area contributed by atoms with Crippen LogP contribution in [0.15, 0.2) is 48.5 Å². The zero-order chi connectivity index (χ0) is 24.1. The van der Waals surface area contributed by atoms with E-state index in [1.54, 1.807) is 4.90 Å². The van der Waals surface area contributed by atoms with E-state index in [0.29, 0.717) is 25.9 Å². The Hall–Kier alpha value is -3.39. The summed E-state index contributed by atoms with van der Waals surface area (Å²) in [5.41, 5.74) is 4.69. The average Bonchev–Trinajstić information content (AvgIpc) is 3.18. The fourth-order valence-electron chi connectivity index (χ4n) is 4.68. The molecule has 2 amide bonds. The lowest BCUT2D eigenvalue weighted by atomic mass is 9.98. The monoisotopic (exact) mass is 466 g/mol. The van der Waals surface area contributed by atoms with E-state index < -0.39 is 18.2 Å². The fourth-order valence-corrected chi connectivity index (χ4v) is 4.68. The Morgan fingerprint density at radius 1 is 1.12 bits per heavy atom. The molecule has 2 unspecified atom stereocenters. The Labute approximate surface area is 198 Å². The maximum Gasteiger partial charge on any atom is 0.407 e. The van der Waals surface area contributed by atoms with Crippen molar-refractivity contribution >= 4 is 18.0 Å². The molecule has 2 N–H and O–H groups in total. The molecule has 1 heterocycles. The minimum absolute atomic E-state index is 0.0129. The van der Waals surface area contributed by atoms with Crippen molar-refractivity contribution in [3.05, 3.63) is 59.7 Å². The van der Waals surface area contributed by atoms with Gasteiger partial charge in [-0.2, -0.15) is 0 Å². The molecule has 2 aromatic carbocycles. The highest BCUT2D eigenvalue weighted by Crippen LogP contribution is 2.44. The number of ether oxygens (including phenoxy) is 2. The molecule has 0 saturated carbocycles. The normalized spacial score (nSPS) is 18.0. The number of hydrogen-bond donors (Lipinski definition) is 2. The van der Waals surface area contributed by atoms with Crippen LogP contribution in [0.1, 0.15) is 36.8 Å². The number of alkyl carbamates (subject to hydrolysis) is 1. The Balaban J connectivity index is 1.20. The lowest BCUT2D eigenvalue weighted by Gasteiger charge is -2.32. The summed E-state index contributed by atoms with van der Waals surface area (Å²) in [6, 6.07) is 16.4. The van der Waals surface area contributed by atoms with Crippen LogP contribution in [0, 0.1) is 5.92 Å². The fraction of sp³-hybridized carbons (Fsp3) is 0.423. The number of aliphatic carboxylic acids is 1. The van der Waals surface area contributed by atoms with Gasteiger partial charge in [0.2, 0.25) is 5.91 Å². The van der Waals surface area contributed by atoms with Crippen molar-refractivity contribution < 1.29 is 29.0 Å². The first-order chi connectivity index (χ1) is 16.5. The zero-order valence-electron chi connectivity index (χ0n) is 19.2. The second kappa shape index (κ2) is 10.7. The SMILES string of the molecule is CC(CCCNC(=O)OCC1c2ccccc2-c2ccccc21)C(=O)N1CCOC(C(=O)O)C1. The van der Waals surface area contributed by atoms with E-state index in [4.69, 9.17) is 14.6 Å². The van der Waals surface area contributed by atoms with Crippen molar-refractivity contribution in [1.29, 1.82) is 0 Å². The number of benzene rings is 2. The molecule has 0 radical (unpaired) electrons. The molecule has 8 heteroatoms. The van der Waals surface area contributed by atoms with Gasteiger partial charge in [0, 0.05) is 24.9 Å². The van der Waals surface area contributed by atoms with Crippen LogP contribution in [0.2, 0.25) is 0 Å². The lowest BCUT2D eigenvalue weighted by molar-refractivity contribution is -0.160. The summed E-state index contributed by atoms with van der Waals surface area (Å²) in [7, 11) is 0. The van der Waals surface area contributed by atoms with Crippen molar-refractivity contribution in [3.8, 4) is 11.1 Å². The predicted octanol–water partition coefficient (Wildman–Crippen LogP) is 3.25. The van der Waals surface area contributed by atoms with E-state index in [9.17, 15) is 14.4 Å². The maximum absolute atomic E-state index is 12.6. The van der Waals surface area contributed by atoms with E-state index >= 15 is 0 Å². The number of carboxylic acids is 1. The highest BCUT2D eigenvalue weighted by Gasteiger charge is 2.31. The molecule has 2 atom stereocenters. The number of carboxylic acid groups (broad SMARTS) is 1. The second-order valence-electron chi connectivity index (χ2n) is 8.78. The van der Waals surface area contributed by atoms with Crippen LogP contribution in [-0.4, -0.2) is 66.9 Å². The second-order valence-corrected chi connectivity index (χ2v) is 8.78. The summed E-state index contributed by atoms with van der Waals surface area (Å²) < 4.78 is 10.7. The van der Waals surface area contributed by atoms with Crippen molar-refractivity contribution in [3.63, 3.8) is 0 Å². The largest absolute Gasteiger partial charge is 0.479 e. The van der Waals surface area contributed by atoms with Crippen LogP contribution in [0.5, 0.6) is 0 Å². The summed E-state index contributed by atoms with van der Waals surface area (Å²) in [5.74, 6) is -1.40. The van der Waals surface area contributed by atoms with Gasteiger partial charge in [-0.15, -0.1) is 0 Å². The minimum Gasteiger partial charge on any atom is -0.479 e. The number of morpholine rings is 1. The van der Waals surface area contributed by atoms with Crippen LogP contribution in [0.25, 0.3) is 11.1 Å². The number of fused-ring (bicyclic) bond motifs is 3. The zero-order valence-corrected chi connectivity index (χ0v) is 19.2. The van der Waals surface area contributed by atoms with Gasteiger partial charge in [-0.25, -0.2) is 9.59 Å². The molecular weight excluding hydrogens is 436 g/mol. The predicted molar refractivity (Wildman–Crippen MR) is 125 cm³/mol. The van der Waals surface area contributed by atoms with Gasteiger partial charge in [-0.1, -0.05) is 55.5 Å². The molecule has 2 aliphatic rings. The number of carbonyl (C=O) groups is 3. The highest BCUT2D eigenvalue weighted by molar-refractivity contribution is 5.80. The van der Waals surface area contributed by atoms with E-state index in [2.05, 4.69) is 29.6 Å². The van der Waals surface area contributed by atoms with Gasteiger partial charge < -0.3 is 24.8 Å². The molecule has 1 fully saturated rings. The molecule has 0 aromatic heterocycles. The summed E-state index contributed by atoms with van der Waals surface area (Å²) in [5, 5.41) is 11.9. The van der Waals surface area contributed by atoms with Crippen LogP contribution < -0.4 is 5.32 Å². The Bertz CT molecular complexity index is 1010. The van der Waals surface area contributed by atoms with Gasteiger partial charge >= 0.3 is 12.1 Å². The number of carbonyl (C=O) groups excluding carboxylic acids is 2. The van der Waals surface area contributed by atoms with Crippen LogP contribution in [0.3, 0.4) is 0 Å². The van der Waals surface area contributed by atoms with Crippen molar-refractivity contribution in [2.75, 3.05) is 32.8 Å². The Kier molecular flexibility index (Phi) is 7.47. The number of amides is 2. The minimum atomic E-state index is -1.06. The summed E-state index contributed by atoms with van der Waals surface area (Å²) in [6.45, 7) is 3.16. The molecule has 180 valence electrons. The number of nitrogens with one attached hydrogen (secondary N) is 1. The van der Waals surface area contributed by atoms with Crippen molar-refractivity contribution in [2.24, 2.45) is 5.92 Å². The molecule has 0 spiro atoms. The maximum atomic E-state index is 12.6. The van der Waals surface area contributed by atoms with E-state index in [1.165, 1.54) is 11.1 Å². The van der Waals surface area contributed by atoms with Gasteiger partial charge in [-0.05, 0) is 35.1 Å². The first-order valence-corrected chi connectivity index (χ1v) is 11.7.